The summed E-state index contributed by atoms with van der Waals surface area (Å²) in [6.07, 6.45) is 1.50. The van der Waals surface area contributed by atoms with Crippen molar-refractivity contribution in [1.29, 1.82) is 0 Å². The molecule has 0 saturated heterocycles. The van der Waals surface area contributed by atoms with Crippen molar-refractivity contribution >= 4 is 40.8 Å². The lowest BCUT2D eigenvalue weighted by Crippen LogP contribution is -1.86. The molecule has 0 aliphatic carbocycles. The van der Waals surface area contributed by atoms with Crippen LogP contribution in [0.5, 0.6) is 5.75 Å². The molecule has 0 aliphatic heterocycles. The van der Waals surface area contributed by atoms with Gasteiger partial charge in [-0.15, -0.1) is 0 Å². The number of nitrogens with zero attached hydrogens (tertiary/aromatic N) is 2. The smallest absolute Gasteiger partial charge is 0.269 e. The van der Waals surface area contributed by atoms with Gasteiger partial charge in [-0.2, -0.15) is 0 Å². The summed E-state index contributed by atoms with van der Waals surface area (Å²) < 4.78 is 0. The molecule has 0 aromatic heterocycles. The SMILES string of the molecule is O=[N+]([O-])c1ccc(N=Cc2cc(Cl)c(O)c(Cl)c2)cc1. The number of rotatable bonds is 3. The molecule has 2 aromatic rings. The minimum Gasteiger partial charge on any atom is -0.505 e. The summed E-state index contributed by atoms with van der Waals surface area (Å²) in [6, 6.07) is 8.80. The number of aromatic hydroxyl groups is 1. The van der Waals surface area contributed by atoms with E-state index in [0.717, 1.165) is 0 Å². The minimum atomic E-state index is -0.479. The Hall–Kier alpha value is -2.11. The van der Waals surface area contributed by atoms with Crippen LogP contribution in [0.4, 0.5) is 11.4 Å². The van der Waals surface area contributed by atoms with Crippen LogP contribution in [0.2, 0.25) is 10.0 Å². The summed E-state index contributed by atoms with van der Waals surface area (Å²) in [5.74, 6) is -0.180. The maximum absolute atomic E-state index is 10.5. The van der Waals surface area contributed by atoms with Crippen LogP contribution in [-0.4, -0.2) is 16.2 Å². The second-order valence-corrected chi connectivity index (χ2v) is 4.68. The van der Waals surface area contributed by atoms with E-state index in [-0.39, 0.29) is 21.5 Å². The van der Waals surface area contributed by atoms with Crippen molar-refractivity contribution in [2.24, 2.45) is 4.99 Å². The fraction of sp³-hybridized carbons (Fsp3) is 0. The predicted octanol–water partition coefficient (Wildman–Crippen LogP) is 4.36. The number of hydrogen-bond acceptors (Lipinski definition) is 4. The van der Waals surface area contributed by atoms with Crippen molar-refractivity contribution in [1.82, 2.24) is 0 Å². The first kappa shape index (κ1) is 14.3. The van der Waals surface area contributed by atoms with E-state index in [9.17, 15) is 15.2 Å². The highest BCUT2D eigenvalue weighted by Crippen LogP contribution is 2.32. The number of non-ortho nitro benzene ring substituents is 1. The largest absolute Gasteiger partial charge is 0.505 e. The van der Waals surface area contributed by atoms with E-state index in [2.05, 4.69) is 4.99 Å². The average Bonchev–Trinajstić information content (AvgIpc) is 2.42. The molecule has 0 atom stereocenters. The summed E-state index contributed by atoms with van der Waals surface area (Å²) in [5.41, 5.74) is 1.16. The topological polar surface area (TPSA) is 75.7 Å². The number of phenolic OH excluding ortho intramolecular Hbond substituents is 1. The number of hydrogen-bond donors (Lipinski definition) is 1. The molecule has 20 heavy (non-hydrogen) atoms. The summed E-state index contributed by atoms with van der Waals surface area (Å²) in [4.78, 5) is 14.2. The molecule has 0 fully saturated rings. The molecule has 0 saturated carbocycles. The zero-order valence-corrected chi connectivity index (χ0v) is 11.5. The van der Waals surface area contributed by atoms with E-state index in [0.29, 0.717) is 11.3 Å². The molecule has 7 heteroatoms. The van der Waals surface area contributed by atoms with E-state index in [1.807, 2.05) is 0 Å². The van der Waals surface area contributed by atoms with Crippen LogP contribution in [0.3, 0.4) is 0 Å². The predicted molar refractivity (Wildman–Crippen MR) is 78.5 cm³/mol. The molecular weight excluding hydrogens is 303 g/mol. The first-order valence-corrected chi connectivity index (χ1v) is 6.19. The lowest BCUT2D eigenvalue weighted by Gasteiger charge is -2.01. The van der Waals surface area contributed by atoms with Crippen LogP contribution in [0.15, 0.2) is 41.4 Å². The molecule has 102 valence electrons. The second-order valence-electron chi connectivity index (χ2n) is 3.86. The zero-order chi connectivity index (χ0) is 14.7. The van der Waals surface area contributed by atoms with Crippen LogP contribution in [0.25, 0.3) is 0 Å². The highest BCUT2D eigenvalue weighted by molar-refractivity contribution is 6.37. The van der Waals surface area contributed by atoms with Crippen molar-refractivity contribution in [3.8, 4) is 5.75 Å². The third kappa shape index (κ3) is 3.26. The molecular formula is C13H8Cl2N2O3. The third-order valence-electron chi connectivity index (χ3n) is 2.46. The maximum Gasteiger partial charge on any atom is 0.269 e. The Bertz CT molecular complexity index is 662. The van der Waals surface area contributed by atoms with Crippen molar-refractivity contribution in [3.05, 3.63) is 62.1 Å². The van der Waals surface area contributed by atoms with Gasteiger partial charge in [0.15, 0.2) is 5.75 Å². The van der Waals surface area contributed by atoms with E-state index in [1.54, 1.807) is 0 Å². The normalized spacial score (nSPS) is 10.9. The van der Waals surface area contributed by atoms with E-state index >= 15 is 0 Å². The number of nitro groups is 1. The van der Waals surface area contributed by atoms with Gasteiger partial charge in [-0.1, -0.05) is 23.2 Å². The van der Waals surface area contributed by atoms with Crippen LogP contribution in [0.1, 0.15) is 5.56 Å². The van der Waals surface area contributed by atoms with Crippen molar-refractivity contribution in [3.63, 3.8) is 0 Å². The van der Waals surface area contributed by atoms with Gasteiger partial charge in [0.25, 0.3) is 5.69 Å². The lowest BCUT2D eigenvalue weighted by atomic mass is 10.2. The van der Waals surface area contributed by atoms with Gasteiger partial charge in [0, 0.05) is 18.3 Å². The van der Waals surface area contributed by atoms with E-state index in [1.165, 1.54) is 42.6 Å². The Morgan fingerprint density at radius 1 is 1.15 bits per heavy atom. The van der Waals surface area contributed by atoms with Gasteiger partial charge in [-0.3, -0.25) is 15.1 Å². The lowest BCUT2D eigenvalue weighted by molar-refractivity contribution is -0.384. The quantitative estimate of drug-likeness (QED) is 0.520. The zero-order valence-electron chi connectivity index (χ0n) is 9.96. The molecule has 0 spiro atoms. The first-order chi connectivity index (χ1) is 9.47. The summed E-state index contributed by atoms with van der Waals surface area (Å²) in [5, 5.41) is 20.2. The number of nitro benzene ring substituents is 1. The van der Waals surface area contributed by atoms with Crippen molar-refractivity contribution < 1.29 is 10.0 Å². The molecule has 0 unspecified atom stereocenters. The number of benzene rings is 2. The van der Waals surface area contributed by atoms with Crippen LogP contribution >= 0.6 is 23.2 Å². The molecule has 0 radical (unpaired) electrons. The van der Waals surface area contributed by atoms with Gasteiger partial charge >= 0.3 is 0 Å². The first-order valence-electron chi connectivity index (χ1n) is 5.44. The Morgan fingerprint density at radius 3 is 2.20 bits per heavy atom. The minimum absolute atomic E-state index is 0.000303. The molecule has 0 amide bonds. The Morgan fingerprint density at radius 2 is 1.70 bits per heavy atom. The Labute approximate surface area is 124 Å². The second kappa shape index (κ2) is 5.90. The molecule has 0 bridgehead atoms. The van der Waals surface area contributed by atoms with Gasteiger partial charge in [-0.05, 0) is 29.8 Å². The molecule has 5 nitrogen and oxygen atoms in total. The summed E-state index contributed by atoms with van der Waals surface area (Å²) >= 11 is 11.6. The molecule has 0 heterocycles. The molecule has 0 aliphatic rings. The van der Waals surface area contributed by atoms with Crippen molar-refractivity contribution in [2.45, 2.75) is 0 Å². The van der Waals surface area contributed by atoms with E-state index < -0.39 is 4.92 Å². The van der Waals surface area contributed by atoms with Gasteiger partial charge in [-0.25, -0.2) is 0 Å². The number of aliphatic imine (C=N–C) groups is 1. The summed E-state index contributed by atoms with van der Waals surface area (Å²) in [7, 11) is 0. The molecule has 2 aromatic carbocycles. The maximum atomic E-state index is 10.5. The molecule has 1 N–H and O–H groups in total. The molecule has 2 rings (SSSR count). The Kier molecular flexibility index (Phi) is 4.22. The standard InChI is InChI=1S/C13H8Cl2N2O3/c14-11-5-8(6-12(15)13(11)18)7-16-9-1-3-10(4-2-9)17(19)20/h1-7,18H. The summed E-state index contributed by atoms with van der Waals surface area (Å²) in [6.45, 7) is 0. The van der Waals surface area contributed by atoms with Crippen LogP contribution < -0.4 is 0 Å². The number of halogens is 2. The fourth-order valence-electron chi connectivity index (χ4n) is 1.47. The van der Waals surface area contributed by atoms with Crippen molar-refractivity contribution in [2.75, 3.05) is 0 Å². The van der Waals surface area contributed by atoms with Gasteiger partial charge < -0.3 is 5.11 Å². The van der Waals surface area contributed by atoms with Crippen LogP contribution in [-0.2, 0) is 0 Å². The highest BCUT2D eigenvalue weighted by atomic mass is 35.5. The highest BCUT2D eigenvalue weighted by Gasteiger charge is 2.06. The average molecular weight is 311 g/mol. The van der Waals surface area contributed by atoms with Gasteiger partial charge in [0.05, 0.1) is 20.7 Å². The van der Waals surface area contributed by atoms with Crippen LogP contribution in [0, 0.1) is 10.1 Å². The van der Waals surface area contributed by atoms with Gasteiger partial charge in [0.1, 0.15) is 0 Å². The van der Waals surface area contributed by atoms with E-state index in [4.69, 9.17) is 23.2 Å². The number of phenols is 1. The Balaban J connectivity index is 2.23. The fourth-order valence-corrected chi connectivity index (χ4v) is 1.97. The van der Waals surface area contributed by atoms with Gasteiger partial charge in [0.2, 0.25) is 0 Å². The monoisotopic (exact) mass is 310 g/mol. The third-order valence-corrected chi connectivity index (χ3v) is 3.04.